The molecule has 0 atom stereocenters. The van der Waals surface area contributed by atoms with E-state index in [0.29, 0.717) is 0 Å². The fourth-order valence-electron chi connectivity index (χ4n) is 1.89. The number of Topliss-reactive ketones (excluding diaryl/α,β-unsaturated/α-hetero) is 1. The van der Waals surface area contributed by atoms with Crippen molar-refractivity contribution in [2.45, 2.75) is 39.5 Å². The molecule has 2 rings (SSSR count). The standard InChI is InChI=1S/C14H14O.C2H3BO2/c1-11(15)13-9-8-12-6-4-2-3-5-7-14(12)10-13;1-2(4)3-5/h8-10H,4-7H2,1H3;1H3. The Kier molecular flexibility index (Phi) is 6.59. The second kappa shape index (κ2) is 8.21. The molecule has 0 unspecified atom stereocenters. The summed E-state index contributed by atoms with van der Waals surface area (Å²) >= 11 is 0. The average Bonchev–Trinajstić information content (AvgIpc) is 2.39. The Morgan fingerprint density at radius 1 is 1.05 bits per heavy atom. The molecule has 102 valence electrons. The molecule has 0 bridgehead atoms. The van der Waals surface area contributed by atoms with Crippen LogP contribution < -0.4 is 0 Å². The van der Waals surface area contributed by atoms with Crippen LogP contribution in [0.2, 0.25) is 0 Å². The fourth-order valence-corrected chi connectivity index (χ4v) is 1.89. The molecule has 20 heavy (non-hydrogen) atoms. The predicted octanol–water partition coefficient (Wildman–Crippen LogP) is 2.35. The summed E-state index contributed by atoms with van der Waals surface area (Å²) in [5, 5.41) is 0. The van der Waals surface area contributed by atoms with E-state index >= 15 is 0 Å². The summed E-state index contributed by atoms with van der Waals surface area (Å²) in [7, 11) is 0.278. The molecule has 0 aliphatic heterocycles. The van der Waals surface area contributed by atoms with Gasteiger partial charge in [0.15, 0.2) is 5.78 Å². The number of carbonyl (C=O) groups is 2. The van der Waals surface area contributed by atoms with E-state index in [9.17, 15) is 9.59 Å². The number of fused-ring (bicyclic) bond motifs is 1. The largest absolute Gasteiger partial charge is 0.295 e. The van der Waals surface area contributed by atoms with Gasteiger partial charge in [0.25, 0.3) is 0 Å². The maximum absolute atomic E-state index is 11.3. The molecule has 0 aromatic heterocycles. The van der Waals surface area contributed by atoms with Crippen molar-refractivity contribution in [3.8, 4) is 11.8 Å². The van der Waals surface area contributed by atoms with Gasteiger partial charge in [0.05, 0.1) is 0 Å². The van der Waals surface area contributed by atoms with E-state index in [-0.39, 0.29) is 12.9 Å². The minimum Gasteiger partial charge on any atom is -0.295 e. The number of hydrogen-bond donors (Lipinski definition) is 0. The molecule has 4 heteroatoms. The fraction of sp³-hybridized carbons (Fsp3) is 0.375. The Hall–Kier alpha value is -2.02. The first kappa shape index (κ1) is 16.0. The molecule has 1 aliphatic carbocycles. The van der Waals surface area contributed by atoms with Crippen LogP contribution in [0.4, 0.5) is 0 Å². The van der Waals surface area contributed by atoms with Crippen LogP contribution in [0.1, 0.15) is 48.2 Å². The Balaban J connectivity index is 0.000000347. The third-order valence-corrected chi connectivity index (χ3v) is 2.94. The number of rotatable bonds is 2. The Morgan fingerprint density at radius 2 is 1.60 bits per heavy atom. The van der Waals surface area contributed by atoms with Crippen molar-refractivity contribution in [1.29, 1.82) is 0 Å². The van der Waals surface area contributed by atoms with Crippen molar-refractivity contribution < 1.29 is 14.3 Å². The molecule has 0 fully saturated rings. The van der Waals surface area contributed by atoms with Gasteiger partial charge < -0.3 is 0 Å². The molecule has 0 spiro atoms. The van der Waals surface area contributed by atoms with Crippen molar-refractivity contribution in [3.05, 3.63) is 34.9 Å². The normalized spacial score (nSPS) is 12.1. The van der Waals surface area contributed by atoms with Gasteiger partial charge in [-0.1, -0.05) is 12.1 Å². The minimum atomic E-state index is -0.426. The van der Waals surface area contributed by atoms with Crippen molar-refractivity contribution in [3.63, 3.8) is 0 Å². The predicted molar refractivity (Wildman–Crippen MR) is 78.0 cm³/mol. The van der Waals surface area contributed by atoms with E-state index in [0.717, 1.165) is 31.2 Å². The van der Waals surface area contributed by atoms with Gasteiger partial charge in [0, 0.05) is 18.4 Å². The number of benzene rings is 1. The van der Waals surface area contributed by atoms with E-state index in [2.05, 4.69) is 17.9 Å². The zero-order chi connectivity index (χ0) is 15.0. The van der Waals surface area contributed by atoms with Gasteiger partial charge in [-0.2, -0.15) is 0 Å². The van der Waals surface area contributed by atoms with Gasteiger partial charge in [-0.05, 0) is 37.0 Å². The van der Waals surface area contributed by atoms with Gasteiger partial charge >= 0.3 is 29.3 Å². The second-order valence-electron chi connectivity index (χ2n) is 4.62. The summed E-state index contributed by atoms with van der Waals surface area (Å²) in [6.45, 7) is 2.83. The van der Waals surface area contributed by atoms with Crippen molar-refractivity contribution in [2.24, 2.45) is 0 Å². The van der Waals surface area contributed by atoms with Crippen LogP contribution in [0.5, 0.6) is 0 Å². The number of hydrogen-bond acceptors (Lipinski definition) is 3. The number of aryl methyl sites for hydroxylation is 2. The van der Waals surface area contributed by atoms with E-state index in [1.165, 1.54) is 18.1 Å². The smallest absolute Gasteiger partial charge is 0.159 e. The molecule has 0 N–H and O–H groups in total. The summed E-state index contributed by atoms with van der Waals surface area (Å²) in [6.07, 6.45) is 3.84. The van der Waals surface area contributed by atoms with E-state index in [1.807, 2.05) is 12.1 Å². The first-order valence-corrected chi connectivity index (χ1v) is 6.58. The van der Waals surface area contributed by atoms with Crippen LogP contribution in [0.15, 0.2) is 18.2 Å². The Labute approximate surface area is 120 Å². The SMILES string of the molecule is CC(=O)B=O.CC(=O)c1ccc2c(c1)CCC#CCC2. The maximum atomic E-state index is 11.3. The molecule has 0 saturated heterocycles. The molecular formula is C16H17BO3. The molecule has 0 saturated carbocycles. The molecule has 0 radical (unpaired) electrons. The van der Waals surface area contributed by atoms with Crippen LogP contribution in [-0.4, -0.2) is 18.6 Å². The monoisotopic (exact) mass is 268 g/mol. The second-order valence-corrected chi connectivity index (χ2v) is 4.62. The van der Waals surface area contributed by atoms with Crippen molar-refractivity contribution >= 4 is 18.6 Å². The summed E-state index contributed by atoms with van der Waals surface area (Å²) < 4.78 is 9.16. The molecule has 1 aromatic carbocycles. The van der Waals surface area contributed by atoms with Gasteiger partial charge in [0.1, 0.15) is 0 Å². The molecule has 3 nitrogen and oxygen atoms in total. The van der Waals surface area contributed by atoms with E-state index in [1.54, 1.807) is 6.92 Å². The zero-order valence-electron chi connectivity index (χ0n) is 11.9. The maximum Gasteiger partial charge on any atom is 0.159 e. The average molecular weight is 268 g/mol. The van der Waals surface area contributed by atoms with Crippen LogP contribution in [-0.2, 0) is 22.3 Å². The quantitative estimate of drug-likeness (QED) is 0.470. The zero-order valence-corrected chi connectivity index (χ0v) is 11.9. The van der Waals surface area contributed by atoms with Gasteiger partial charge in [-0.3, -0.25) is 4.79 Å². The molecule has 1 aromatic rings. The van der Waals surface area contributed by atoms with Crippen LogP contribution in [0.3, 0.4) is 0 Å². The Morgan fingerprint density at radius 3 is 2.10 bits per heavy atom. The molecule has 1 aliphatic rings. The van der Waals surface area contributed by atoms with Gasteiger partial charge in [-0.15, -0.1) is 11.8 Å². The topological polar surface area (TPSA) is 51.2 Å². The summed E-state index contributed by atoms with van der Waals surface area (Å²) in [5.41, 5.74) is 3.05. The minimum absolute atomic E-state index is 0.144. The summed E-state index contributed by atoms with van der Waals surface area (Å²) in [5.74, 6) is 6.43. The van der Waals surface area contributed by atoms with Crippen molar-refractivity contribution in [2.75, 3.05) is 0 Å². The van der Waals surface area contributed by atoms with Crippen LogP contribution >= 0.6 is 0 Å². The molecule has 0 amide bonds. The van der Waals surface area contributed by atoms with E-state index < -0.39 is 5.68 Å². The third kappa shape index (κ3) is 5.32. The summed E-state index contributed by atoms with van der Waals surface area (Å²) in [4.78, 5) is 20.7. The van der Waals surface area contributed by atoms with Crippen LogP contribution in [0.25, 0.3) is 0 Å². The number of ketones is 1. The summed E-state index contributed by atoms with van der Waals surface area (Å²) in [6, 6.07) is 6.04. The Bertz CT molecular complexity index is 579. The van der Waals surface area contributed by atoms with Crippen LogP contribution in [0, 0.1) is 11.8 Å². The first-order valence-electron chi connectivity index (χ1n) is 6.58. The van der Waals surface area contributed by atoms with Gasteiger partial charge in [-0.25, -0.2) is 0 Å². The molecular weight excluding hydrogens is 251 g/mol. The van der Waals surface area contributed by atoms with Crippen molar-refractivity contribution in [1.82, 2.24) is 0 Å². The third-order valence-electron chi connectivity index (χ3n) is 2.94. The van der Waals surface area contributed by atoms with Gasteiger partial charge in [0.2, 0.25) is 0 Å². The van der Waals surface area contributed by atoms with E-state index in [4.69, 9.17) is 4.70 Å². The molecule has 0 heterocycles. The number of carbonyl (C=O) groups excluding carboxylic acids is 2. The first-order chi connectivity index (χ1) is 9.54.